The van der Waals surface area contributed by atoms with Gasteiger partial charge < -0.3 is 5.32 Å². The molecule has 0 bridgehead atoms. The fourth-order valence-corrected chi connectivity index (χ4v) is 1.38. The Balaban J connectivity index is 2.46. The Morgan fingerprint density at radius 3 is 2.15 bits per heavy atom. The Morgan fingerprint density at radius 1 is 1.23 bits per heavy atom. The van der Waals surface area contributed by atoms with E-state index in [-0.39, 0.29) is 5.91 Å². The Labute approximate surface area is 80.4 Å². The van der Waals surface area contributed by atoms with E-state index in [9.17, 15) is 4.79 Å². The third-order valence-corrected chi connectivity index (χ3v) is 3.03. The van der Waals surface area contributed by atoms with Crippen molar-refractivity contribution in [1.82, 2.24) is 5.32 Å². The number of nitrogens with one attached hydrogen (secondary N) is 1. The minimum atomic E-state index is 0.108. The van der Waals surface area contributed by atoms with Crippen molar-refractivity contribution >= 4 is 5.91 Å². The molecule has 2 atom stereocenters. The number of carbonyl (C=O) groups excluding carboxylic acids is 1. The molecule has 1 rings (SSSR count). The highest BCUT2D eigenvalue weighted by Crippen LogP contribution is 2.26. The second kappa shape index (κ2) is 3.95. The van der Waals surface area contributed by atoms with Crippen LogP contribution in [0.3, 0.4) is 0 Å². The van der Waals surface area contributed by atoms with Crippen LogP contribution >= 0.6 is 0 Å². The van der Waals surface area contributed by atoms with Crippen molar-refractivity contribution in [1.29, 1.82) is 0 Å². The van der Waals surface area contributed by atoms with Gasteiger partial charge in [0.25, 0.3) is 0 Å². The molecule has 0 heterocycles. The van der Waals surface area contributed by atoms with Gasteiger partial charge in [0.1, 0.15) is 0 Å². The second-order valence-corrected chi connectivity index (χ2v) is 4.26. The molecule has 1 N–H and O–H groups in total. The fraction of sp³-hybridized carbons (Fsp3) is 0.727. The fourth-order valence-electron chi connectivity index (χ4n) is 1.38. The van der Waals surface area contributed by atoms with Crippen LogP contribution in [0.4, 0.5) is 0 Å². The molecule has 0 aromatic heterocycles. The highest BCUT2D eigenvalue weighted by Gasteiger charge is 2.28. The molecule has 0 aromatic rings. The molecule has 1 saturated carbocycles. The molecule has 0 aromatic carbocycles. The van der Waals surface area contributed by atoms with Gasteiger partial charge in [0, 0.05) is 11.6 Å². The van der Waals surface area contributed by atoms with E-state index < -0.39 is 0 Å². The Bertz CT molecular complexity index is 238. The molecule has 1 aliphatic rings. The zero-order valence-corrected chi connectivity index (χ0v) is 8.98. The summed E-state index contributed by atoms with van der Waals surface area (Å²) in [6.45, 7) is 8.01. The number of amides is 1. The van der Waals surface area contributed by atoms with Crippen molar-refractivity contribution in [3.8, 4) is 0 Å². The SMILES string of the molecule is CC(C)=C(C)C(=O)NC1CCC1C. The highest BCUT2D eigenvalue weighted by molar-refractivity contribution is 5.93. The Kier molecular flexibility index (Phi) is 3.12. The maximum atomic E-state index is 11.6. The highest BCUT2D eigenvalue weighted by atomic mass is 16.1. The lowest BCUT2D eigenvalue weighted by molar-refractivity contribution is -0.119. The van der Waals surface area contributed by atoms with Crippen LogP contribution in [-0.2, 0) is 4.79 Å². The molecule has 0 radical (unpaired) electrons. The van der Waals surface area contributed by atoms with Gasteiger partial charge in [0.15, 0.2) is 0 Å². The Morgan fingerprint density at radius 2 is 1.85 bits per heavy atom. The van der Waals surface area contributed by atoms with E-state index in [1.165, 1.54) is 6.42 Å². The summed E-state index contributed by atoms with van der Waals surface area (Å²) in [5, 5.41) is 3.05. The van der Waals surface area contributed by atoms with E-state index in [4.69, 9.17) is 0 Å². The van der Waals surface area contributed by atoms with Crippen LogP contribution in [0.5, 0.6) is 0 Å². The first-order valence-electron chi connectivity index (χ1n) is 4.97. The molecule has 1 amide bonds. The maximum absolute atomic E-state index is 11.6. The first kappa shape index (κ1) is 10.3. The van der Waals surface area contributed by atoms with Crippen molar-refractivity contribution in [2.24, 2.45) is 5.92 Å². The zero-order valence-electron chi connectivity index (χ0n) is 8.98. The number of allylic oxidation sites excluding steroid dienone is 1. The second-order valence-electron chi connectivity index (χ2n) is 4.26. The van der Waals surface area contributed by atoms with Crippen LogP contribution in [-0.4, -0.2) is 11.9 Å². The van der Waals surface area contributed by atoms with Crippen LogP contribution in [0.2, 0.25) is 0 Å². The van der Waals surface area contributed by atoms with E-state index >= 15 is 0 Å². The van der Waals surface area contributed by atoms with Gasteiger partial charge in [-0.05, 0) is 39.5 Å². The molecule has 0 saturated heterocycles. The van der Waals surface area contributed by atoms with Crippen LogP contribution in [0.15, 0.2) is 11.1 Å². The van der Waals surface area contributed by atoms with Gasteiger partial charge in [0.2, 0.25) is 5.91 Å². The van der Waals surface area contributed by atoms with Gasteiger partial charge in [-0.25, -0.2) is 0 Å². The molecule has 0 spiro atoms. The van der Waals surface area contributed by atoms with Gasteiger partial charge in [-0.2, -0.15) is 0 Å². The first-order valence-corrected chi connectivity index (χ1v) is 4.97. The smallest absolute Gasteiger partial charge is 0.247 e. The van der Waals surface area contributed by atoms with E-state index in [2.05, 4.69) is 12.2 Å². The molecule has 0 aliphatic heterocycles. The molecule has 13 heavy (non-hydrogen) atoms. The number of rotatable bonds is 2. The lowest BCUT2D eigenvalue weighted by Crippen LogP contribution is -2.45. The van der Waals surface area contributed by atoms with Crippen LogP contribution in [0.25, 0.3) is 0 Å². The molecule has 2 nitrogen and oxygen atoms in total. The summed E-state index contributed by atoms with van der Waals surface area (Å²) in [6, 6.07) is 0.418. The quantitative estimate of drug-likeness (QED) is 0.650. The number of hydrogen-bond acceptors (Lipinski definition) is 1. The van der Waals surface area contributed by atoms with Gasteiger partial charge in [0.05, 0.1) is 0 Å². The summed E-state index contributed by atoms with van der Waals surface area (Å²) >= 11 is 0. The normalized spacial score (nSPS) is 26.2. The topological polar surface area (TPSA) is 29.1 Å². The molecule has 2 unspecified atom stereocenters. The molecule has 2 heteroatoms. The van der Waals surface area contributed by atoms with Crippen molar-refractivity contribution in [3.63, 3.8) is 0 Å². The van der Waals surface area contributed by atoms with Gasteiger partial charge in [-0.15, -0.1) is 0 Å². The minimum Gasteiger partial charge on any atom is -0.349 e. The first-order chi connectivity index (χ1) is 6.02. The van der Waals surface area contributed by atoms with Crippen molar-refractivity contribution in [3.05, 3.63) is 11.1 Å². The molecule has 74 valence electrons. The van der Waals surface area contributed by atoms with Crippen molar-refractivity contribution in [2.45, 2.75) is 46.6 Å². The van der Waals surface area contributed by atoms with E-state index in [1.807, 2.05) is 20.8 Å². The van der Waals surface area contributed by atoms with Crippen LogP contribution in [0, 0.1) is 5.92 Å². The minimum absolute atomic E-state index is 0.108. The van der Waals surface area contributed by atoms with E-state index in [1.54, 1.807) is 0 Å². The summed E-state index contributed by atoms with van der Waals surface area (Å²) in [6.07, 6.45) is 2.39. The van der Waals surface area contributed by atoms with Crippen molar-refractivity contribution in [2.75, 3.05) is 0 Å². The molecule has 1 fully saturated rings. The number of hydrogen-bond donors (Lipinski definition) is 1. The monoisotopic (exact) mass is 181 g/mol. The maximum Gasteiger partial charge on any atom is 0.247 e. The van der Waals surface area contributed by atoms with Gasteiger partial charge in [-0.1, -0.05) is 12.5 Å². The molecular formula is C11H19NO. The predicted molar refractivity (Wildman–Crippen MR) is 54.4 cm³/mol. The lowest BCUT2D eigenvalue weighted by atomic mass is 9.81. The average molecular weight is 181 g/mol. The van der Waals surface area contributed by atoms with Gasteiger partial charge in [-0.3, -0.25) is 4.79 Å². The zero-order chi connectivity index (χ0) is 10.0. The van der Waals surface area contributed by atoms with Crippen LogP contribution in [0.1, 0.15) is 40.5 Å². The third kappa shape index (κ3) is 2.33. The summed E-state index contributed by atoms with van der Waals surface area (Å²) in [4.78, 5) is 11.6. The van der Waals surface area contributed by atoms with Crippen LogP contribution < -0.4 is 5.32 Å². The lowest BCUT2D eigenvalue weighted by Gasteiger charge is -2.34. The summed E-state index contributed by atoms with van der Waals surface area (Å²) in [5.74, 6) is 0.769. The standard InChI is InChI=1S/C11H19NO/c1-7(2)9(4)11(13)12-10-6-5-8(10)3/h8,10H,5-6H2,1-4H3,(H,12,13). The van der Waals surface area contributed by atoms with E-state index in [0.29, 0.717) is 12.0 Å². The van der Waals surface area contributed by atoms with Gasteiger partial charge >= 0.3 is 0 Å². The summed E-state index contributed by atoms with van der Waals surface area (Å²) in [7, 11) is 0. The Hall–Kier alpha value is -0.790. The average Bonchev–Trinajstić information content (AvgIpc) is 2.09. The summed E-state index contributed by atoms with van der Waals surface area (Å²) < 4.78 is 0. The molecular weight excluding hydrogens is 162 g/mol. The van der Waals surface area contributed by atoms with Crippen molar-refractivity contribution < 1.29 is 4.79 Å². The third-order valence-electron chi connectivity index (χ3n) is 3.03. The number of carbonyl (C=O) groups is 1. The predicted octanol–water partition coefficient (Wildman–Crippen LogP) is 2.26. The largest absolute Gasteiger partial charge is 0.349 e. The molecule has 1 aliphatic carbocycles. The summed E-state index contributed by atoms with van der Waals surface area (Å²) in [5.41, 5.74) is 1.96. The van der Waals surface area contributed by atoms with E-state index in [0.717, 1.165) is 17.6 Å².